The standard InChI is InChI=1S/C12H15N5/c1-2-9-4-3-5-15-11(9)7-16-12-10(13)6-14-8-17-12/h3-6,8H,2,7,13H2,1H3,(H,14,16,17). The van der Waals surface area contributed by atoms with Crippen LogP contribution in [-0.2, 0) is 13.0 Å². The Morgan fingerprint density at radius 1 is 1.35 bits per heavy atom. The second kappa shape index (κ2) is 5.25. The summed E-state index contributed by atoms with van der Waals surface area (Å²) in [5.74, 6) is 0.646. The highest BCUT2D eigenvalue weighted by Gasteiger charge is 2.03. The van der Waals surface area contributed by atoms with E-state index in [4.69, 9.17) is 5.73 Å². The number of aryl methyl sites for hydroxylation is 1. The molecule has 2 rings (SSSR count). The first kappa shape index (κ1) is 11.3. The minimum absolute atomic E-state index is 0.543. The van der Waals surface area contributed by atoms with Crippen molar-refractivity contribution in [2.24, 2.45) is 0 Å². The van der Waals surface area contributed by atoms with E-state index in [1.807, 2.05) is 6.07 Å². The first-order chi connectivity index (χ1) is 8.31. The summed E-state index contributed by atoms with van der Waals surface area (Å²) >= 11 is 0. The maximum Gasteiger partial charge on any atom is 0.152 e. The van der Waals surface area contributed by atoms with Crippen LogP contribution in [0.1, 0.15) is 18.2 Å². The minimum Gasteiger partial charge on any atom is -0.394 e. The van der Waals surface area contributed by atoms with Crippen LogP contribution in [-0.4, -0.2) is 15.0 Å². The molecular formula is C12H15N5. The van der Waals surface area contributed by atoms with Gasteiger partial charge in [-0.15, -0.1) is 0 Å². The fourth-order valence-electron chi connectivity index (χ4n) is 1.61. The van der Waals surface area contributed by atoms with E-state index in [2.05, 4.69) is 33.3 Å². The topological polar surface area (TPSA) is 76.7 Å². The summed E-state index contributed by atoms with van der Waals surface area (Å²) in [6.45, 7) is 2.73. The molecule has 5 nitrogen and oxygen atoms in total. The van der Waals surface area contributed by atoms with E-state index in [9.17, 15) is 0 Å². The van der Waals surface area contributed by atoms with Crippen LogP contribution in [0.5, 0.6) is 0 Å². The van der Waals surface area contributed by atoms with E-state index in [0.29, 0.717) is 18.1 Å². The Labute approximate surface area is 100 Å². The lowest BCUT2D eigenvalue weighted by atomic mass is 10.1. The molecule has 0 bridgehead atoms. The number of nitrogens with two attached hydrogens (primary N) is 1. The maximum atomic E-state index is 5.75. The molecule has 0 unspecified atom stereocenters. The SMILES string of the molecule is CCc1cccnc1CNc1ncncc1N. The van der Waals surface area contributed by atoms with Gasteiger partial charge in [-0.25, -0.2) is 9.97 Å². The molecule has 2 aromatic rings. The number of anilines is 2. The number of nitrogens with one attached hydrogen (secondary N) is 1. The van der Waals surface area contributed by atoms with Gasteiger partial charge >= 0.3 is 0 Å². The number of hydrogen-bond donors (Lipinski definition) is 2. The van der Waals surface area contributed by atoms with Gasteiger partial charge in [0, 0.05) is 6.20 Å². The van der Waals surface area contributed by atoms with Crippen molar-refractivity contribution in [3.05, 3.63) is 42.1 Å². The Bertz CT molecular complexity index is 498. The normalized spacial score (nSPS) is 10.2. The predicted octanol–water partition coefficient (Wildman–Crippen LogP) is 1.63. The fraction of sp³-hybridized carbons (Fsp3) is 0.250. The molecule has 0 saturated heterocycles. The van der Waals surface area contributed by atoms with Crippen molar-refractivity contribution in [1.82, 2.24) is 15.0 Å². The van der Waals surface area contributed by atoms with Crippen molar-refractivity contribution in [2.75, 3.05) is 11.1 Å². The first-order valence-electron chi connectivity index (χ1n) is 5.53. The van der Waals surface area contributed by atoms with Gasteiger partial charge in [-0.05, 0) is 18.1 Å². The van der Waals surface area contributed by atoms with E-state index in [-0.39, 0.29) is 0 Å². The molecule has 3 N–H and O–H groups in total. The van der Waals surface area contributed by atoms with Gasteiger partial charge in [0.25, 0.3) is 0 Å². The number of rotatable bonds is 4. The number of nitrogen functional groups attached to an aromatic ring is 1. The number of aromatic nitrogens is 3. The second-order valence-corrected chi connectivity index (χ2v) is 3.64. The van der Waals surface area contributed by atoms with Crippen LogP contribution < -0.4 is 11.1 Å². The van der Waals surface area contributed by atoms with Crippen molar-refractivity contribution in [1.29, 1.82) is 0 Å². The smallest absolute Gasteiger partial charge is 0.152 e. The van der Waals surface area contributed by atoms with Crippen LogP contribution in [0, 0.1) is 0 Å². The molecule has 0 radical (unpaired) electrons. The van der Waals surface area contributed by atoms with Gasteiger partial charge in [0.1, 0.15) is 6.33 Å². The van der Waals surface area contributed by atoms with Gasteiger partial charge in [0.05, 0.1) is 24.1 Å². The average Bonchev–Trinajstić information content (AvgIpc) is 2.38. The molecule has 88 valence electrons. The van der Waals surface area contributed by atoms with Crippen LogP contribution in [0.15, 0.2) is 30.9 Å². The summed E-state index contributed by atoms with van der Waals surface area (Å²) in [6.07, 6.45) is 5.80. The predicted molar refractivity (Wildman–Crippen MR) is 67.4 cm³/mol. The molecule has 2 heterocycles. The number of nitrogens with zero attached hydrogens (tertiary/aromatic N) is 3. The monoisotopic (exact) mass is 229 g/mol. The fourth-order valence-corrected chi connectivity index (χ4v) is 1.61. The summed E-state index contributed by atoms with van der Waals surface area (Å²) in [5.41, 5.74) is 8.54. The quantitative estimate of drug-likeness (QED) is 0.833. The van der Waals surface area contributed by atoms with E-state index in [0.717, 1.165) is 12.1 Å². The lowest BCUT2D eigenvalue weighted by molar-refractivity contribution is 0.962. The summed E-state index contributed by atoms with van der Waals surface area (Å²) in [4.78, 5) is 12.3. The first-order valence-corrected chi connectivity index (χ1v) is 5.53. The van der Waals surface area contributed by atoms with Crippen LogP contribution in [0.4, 0.5) is 11.5 Å². The minimum atomic E-state index is 0.543. The number of pyridine rings is 1. The lowest BCUT2D eigenvalue weighted by Crippen LogP contribution is -2.08. The highest BCUT2D eigenvalue weighted by molar-refractivity contribution is 5.59. The highest BCUT2D eigenvalue weighted by Crippen LogP contribution is 2.14. The Kier molecular flexibility index (Phi) is 3.49. The molecular weight excluding hydrogens is 214 g/mol. The molecule has 0 atom stereocenters. The van der Waals surface area contributed by atoms with Crippen molar-refractivity contribution >= 4 is 11.5 Å². The third-order valence-electron chi connectivity index (χ3n) is 2.53. The molecule has 2 aromatic heterocycles. The Morgan fingerprint density at radius 3 is 3.00 bits per heavy atom. The van der Waals surface area contributed by atoms with Crippen molar-refractivity contribution in [2.45, 2.75) is 19.9 Å². The molecule has 0 aliphatic heterocycles. The molecule has 0 fully saturated rings. The van der Waals surface area contributed by atoms with E-state index >= 15 is 0 Å². The van der Waals surface area contributed by atoms with Crippen molar-refractivity contribution in [3.8, 4) is 0 Å². The Balaban J connectivity index is 2.10. The van der Waals surface area contributed by atoms with Gasteiger partial charge in [0.15, 0.2) is 5.82 Å². The van der Waals surface area contributed by atoms with Crippen molar-refractivity contribution in [3.63, 3.8) is 0 Å². The van der Waals surface area contributed by atoms with Gasteiger partial charge < -0.3 is 11.1 Å². The zero-order valence-electron chi connectivity index (χ0n) is 9.72. The van der Waals surface area contributed by atoms with Crippen LogP contribution in [0.2, 0.25) is 0 Å². The van der Waals surface area contributed by atoms with E-state index in [1.54, 1.807) is 12.4 Å². The molecule has 0 aromatic carbocycles. The second-order valence-electron chi connectivity index (χ2n) is 3.64. The van der Waals surface area contributed by atoms with Gasteiger partial charge in [-0.1, -0.05) is 13.0 Å². The molecule has 0 saturated carbocycles. The molecule has 0 amide bonds. The molecule has 0 spiro atoms. The summed E-state index contributed by atoms with van der Waals surface area (Å²) in [6, 6.07) is 4.02. The maximum absolute atomic E-state index is 5.75. The average molecular weight is 229 g/mol. The van der Waals surface area contributed by atoms with Crippen LogP contribution >= 0.6 is 0 Å². The third kappa shape index (κ3) is 2.69. The summed E-state index contributed by atoms with van der Waals surface area (Å²) < 4.78 is 0. The highest BCUT2D eigenvalue weighted by atomic mass is 15.0. The third-order valence-corrected chi connectivity index (χ3v) is 2.53. The number of hydrogen-bond acceptors (Lipinski definition) is 5. The van der Waals surface area contributed by atoms with E-state index < -0.39 is 0 Å². The zero-order valence-corrected chi connectivity index (χ0v) is 9.72. The summed E-state index contributed by atoms with van der Waals surface area (Å²) in [5, 5.41) is 3.17. The summed E-state index contributed by atoms with van der Waals surface area (Å²) in [7, 11) is 0. The molecule has 0 aliphatic rings. The van der Waals surface area contributed by atoms with Gasteiger partial charge in [0.2, 0.25) is 0 Å². The Morgan fingerprint density at radius 2 is 2.24 bits per heavy atom. The Hall–Kier alpha value is -2.17. The van der Waals surface area contributed by atoms with E-state index in [1.165, 1.54) is 11.9 Å². The van der Waals surface area contributed by atoms with Gasteiger partial charge in [-0.3, -0.25) is 4.98 Å². The van der Waals surface area contributed by atoms with Crippen LogP contribution in [0.3, 0.4) is 0 Å². The molecule has 0 aliphatic carbocycles. The van der Waals surface area contributed by atoms with Crippen molar-refractivity contribution < 1.29 is 0 Å². The largest absolute Gasteiger partial charge is 0.394 e. The lowest BCUT2D eigenvalue weighted by Gasteiger charge is -2.09. The zero-order chi connectivity index (χ0) is 12.1. The van der Waals surface area contributed by atoms with Gasteiger partial charge in [-0.2, -0.15) is 0 Å². The van der Waals surface area contributed by atoms with Crippen LogP contribution in [0.25, 0.3) is 0 Å². The molecule has 17 heavy (non-hydrogen) atoms. The molecule has 5 heteroatoms.